The largest absolute Gasteiger partial charge is 0.496 e. The predicted octanol–water partition coefficient (Wildman–Crippen LogP) is 2.03. The van der Waals surface area contributed by atoms with Gasteiger partial charge in [0.2, 0.25) is 0 Å². The molecule has 0 radical (unpaired) electrons. The first-order chi connectivity index (χ1) is 9.02. The number of amides is 1. The van der Waals surface area contributed by atoms with E-state index in [9.17, 15) is 4.79 Å². The Kier molecular flexibility index (Phi) is 3.75. The van der Waals surface area contributed by atoms with Crippen LogP contribution in [0.2, 0.25) is 0 Å². The number of ether oxygens (including phenoxy) is 1. The lowest BCUT2D eigenvalue weighted by Gasteiger charge is -2.08. The molecule has 1 aromatic heterocycles. The zero-order chi connectivity index (χ0) is 14.0. The van der Waals surface area contributed by atoms with Crippen LogP contribution in [-0.4, -0.2) is 22.8 Å². The van der Waals surface area contributed by atoms with Gasteiger partial charge in [0.05, 0.1) is 23.5 Å². The number of hydrogen-bond donors (Lipinski definition) is 2. The Morgan fingerprint density at radius 2 is 2.26 bits per heavy atom. The van der Waals surface area contributed by atoms with Gasteiger partial charge in [-0.2, -0.15) is 5.10 Å². The Bertz CT molecular complexity index is 605. The van der Waals surface area contributed by atoms with Gasteiger partial charge in [0.15, 0.2) is 0 Å². The van der Waals surface area contributed by atoms with Gasteiger partial charge >= 0.3 is 0 Å². The Hall–Kier alpha value is -2.02. The Balaban J connectivity index is 2.22. The molecule has 0 aliphatic heterocycles. The van der Waals surface area contributed by atoms with Crippen molar-refractivity contribution < 1.29 is 9.53 Å². The van der Waals surface area contributed by atoms with Crippen LogP contribution in [0, 0.1) is 0 Å². The van der Waals surface area contributed by atoms with Crippen LogP contribution < -0.4 is 15.8 Å². The number of nitrogens with two attached hydrogens (primary N) is 1. The predicted molar refractivity (Wildman–Crippen MR) is 76.3 cm³/mol. The van der Waals surface area contributed by atoms with Crippen molar-refractivity contribution in [2.45, 2.75) is 0 Å². The van der Waals surface area contributed by atoms with E-state index in [-0.39, 0.29) is 5.91 Å². The minimum Gasteiger partial charge on any atom is -0.496 e. The zero-order valence-electron chi connectivity index (χ0n) is 10.5. The van der Waals surface area contributed by atoms with Gasteiger partial charge in [-0.3, -0.25) is 9.48 Å². The highest BCUT2D eigenvalue weighted by atomic mass is 79.9. The molecular formula is C12H13BrN4O2. The van der Waals surface area contributed by atoms with Crippen LogP contribution in [0.15, 0.2) is 28.9 Å². The fraction of sp³-hybridized carbons (Fsp3) is 0.167. The summed E-state index contributed by atoms with van der Waals surface area (Å²) in [6, 6.07) is 5.25. The molecular weight excluding hydrogens is 312 g/mol. The van der Waals surface area contributed by atoms with Crippen LogP contribution in [0.3, 0.4) is 0 Å². The molecule has 0 saturated heterocycles. The lowest BCUT2D eigenvalue weighted by Crippen LogP contribution is -2.17. The number of methoxy groups -OCH3 is 1. The monoisotopic (exact) mass is 324 g/mol. The Morgan fingerprint density at radius 1 is 1.53 bits per heavy atom. The van der Waals surface area contributed by atoms with Gasteiger partial charge in [0, 0.05) is 12.7 Å². The SMILES string of the molecule is COc1ccc(NC(=O)c2c(N)cnn2C)cc1Br. The van der Waals surface area contributed by atoms with Gasteiger partial charge in [0.1, 0.15) is 11.4 Å². The molecule has 1 aromatic carbocycles. The molecule has 2 rings (SSSR count). The first kappa shape index (κ1) is 13.4. The van der Waals surface area contributed by atoms with Crippen LogP contribution >= 0.6 is 15.9 Å². The van der Waals surface area contributed by atoms with Crippen LogP contribution in [0.25, 0.3) is 0 Å². The molecule has 1 heterocycles. The normalized spacial score (nSPS) is 10.3. The molecule has 19 heavy (non-hydrogen) atoms. The van der Waals surface area contributed by atoms with E-state index in [1.807, 2.05) is 0 Å². The molecule has 7 heteroatoms. The molecule has 0 atom stereocenters. The molecule has 0 unspecified atom stereocenters. The smallest absolute Gasteiger partial charge is 0.276 e. The van der Waals surface area contributed by atoms with Gasteiger partial charge in [-0.1, -0.05) is 0 Å². The van der Waals surface area contributed by atoms with Crippen LogP contribution in [-0.2, 0) is 7.05 Å². The second kappa shape index (κ2) is 5.31. The third kappa shape index (κ3) is 2.70. The maximum absolute atomic E-state index is 12.1. The highest BCUT2D eigenvalue weighted by Crippen LogP contribution is 2.28. The molecule has 0 aliphatic carbocycles. The van der Waals surface area contributed by atoms with Gasteiger partial charge in [-0.15, -0.1) is 0 Å². The second-order valence-corrected chi connectivity index (χ2v) is 4.73. The van der Waals surface area contributed by atoms with Crippen molar-refractivity contribution >= 4 is 33.2 Å². The summed E-state index contributed by atoms with van der Waals surface area (Å²) in [5, 5.41) is 6.68. The lowest BCUT2D eigenvalue weighted by atomic mass is 10.3. The highest BCUT2D eigenvalue weighted by molar-refractivity contribution is 9.10. The summed E-state index contributed by atoms with van der Waals surface area (Å²) in [7, 11) is 3.24. The minimum atomic E-state index is -0.311. The fourth-order valence-corrected chi connectivity index (χ4v) is 2.21. The number of aryl methyl sites for hydroxylation is 1. The summed E-state index contributed by atoms with van der Waals surface area (Å²) >= 11 is 3.36. The summed E-state index contributed by atoms with van der Waals surface area (Å²) in [5.74, 6) is 0.382. The molecule has 6 nitrogen and oxygen atoms in total. The summed E-state index contributed by atoms with van der Waals surface area (Å²) in [6.07, 6.45) is 1.44. The van der Waals surface area contributed by atoms with E-state index in [4.69, 9.17) is 10.5 Å². The van der Waals surface area contributed by atoms with Crippen molar-refractivity contribution in [1.29, 1.82) is 0 Å². The molecule has 0 aliphatic rings. The topological polar surface area (TPSA) is 82.2 Å². The van der Waals surface area contributed by atoms with E-state index in [1.54, 1.807) is 32.4 Å². The van der Waals surface area contributed by atoms with Crippen LogP contribution in [0.1, 0.15) is 10.5 Å². The van der Waals surface area contributed by atoms with Crippen molar-refractivity contribution in [3.05, 3.63) is 34.6 Å². The summed E-state index contributed by atoms with van der Waals surface area (Å²) < 4.78 is 7.31. The van der Waals surface area contributed by atoms with Crippen LogP contribution in [0.4, 0.5) is 11.4 Å². The number of aromatic nitrogens is 2. The molecule has 100 valence electrons. The van der Waals surface area contributed by atoms with E-state index in [0.717, 1.165) is 4.47 Å². The lowest BCUT2D eigenvalue weighted by molar-refractivity contribution is 0.101. The van der Waals surface area contributed by atoms with E-state index >= 15 is 0 Å². The number of halogens is 1. The van der Waals surface area contributed by atoms with Crippen molar-refractivity contribution in [1.82, 2.24) is 9.78 Å². The second-order valence-electron chi connectivity index (χ2n) is 3.88. The fourth-order valence-electron chi connectivity index (χ4n) is 1.67. The van der Waals surface area contributed by atoms with Crippen molar-refractivity contribution in [3.63, 3.8) is 0 Å². The maximum Gasteiger partial charge on any atom is 0.276 e. The van der Waals surface area contributed by atoms with E-state index in [1.165, 1.54) is 10.9 Å². The molecule has 2 aromatic rings. The average Bonchev–Trinajstić information content (AvgIpc) is 2.69. The van der Waals surface area contributed by atoms with E-state index in [0.29, 0.717) is 22.8 Å². The number of benzene rings is 1. The van der Waals surface area contributed by atoms with Crippen molar-refractivity contribution in [2.75, 3.05) is 18.2 Å². The molecule has 1 amide bonds. The Labute approximate surface area is 118 Å². The van der Waals surface area contributed by atoms with Gasteiger partial charge in [-0.25, -0.2) is 0 Å². The molecule has 3 N–H and O–H groups in total. The van der Waals surface area contributed by atoms with E-state index in [2.05, 4.69) is 26.3 Å². The Morgan fingerprint density at radius 3 is 2.79 bits per heavy atom. The number of nitrogen functional groups attached to an aromatic ring is 1. The highest BCUT2D eigenvalue weighted by Gasteiger charge is 2.15. The van der Waals surface area contributed by atoms with Crippen molar-refractivity contribution in [2.24, 2.45) is 7.05 Å². The van der Waals surface area contributed by atoms with Crippen LogP contribution in [0.5, 0.6) is 5.75 Å². The minimum absolute atomic E-state index is 0.311. The maximum atomic E-state index is 12.1. The number of carbonyl (C=O) groups excluding carboxylic acids is 1. The molecule has 0 saturated carbocycles. The summed E-state index contributed by atoms with van der Waals surface area (Å²) in [5.41, 5.74) is 7.00. The number of carbonyl (C=O) groups is 1. The molecule has 0 fully saturated rings. The number of nitrogens with zero attached hydrogens (tertiary/aromatic N) is 2. The first-order valence-electron chi connectivity index (χ1n) is 5.45. The number of anilines is 2. The quantitative estimate of drug-likeness (QED) is 0.905. The standard InChI is InChI=1S/C12H13BrN4O2/c1-17-11(9(14)6-15-17)12(18)16-7-3-4-10(19-2)8(13)5-7/h3-6H,14H2,1-2H3,(H,16,18). The first-order valence-corrected chi connectivity index (χ1v) is 6.24. The number of hydrogen-bond acceptors (Lipinski definition) is 4. The summed E-state index contributed by atoms with van der Waals surface area (Å²) in [6.45, 7) is 0. The molecule has 0 bridgehead atoms. The summed E-state index contributed by atoms with van der Waals surface area (Å²) in [4.78, 5) is 12.1. The molecule has 0 spiro atoms. The van der Waals surface area contributed by atoms with Gasteiger partial charge < -0.3 is 15.8 Å². The van der Waals surface area contributed by atoms with Gasteiger partial charge in [-0.05, 0) is 34.1 Å². The number of nitrogens with one attached hydrogen (secondary N) is 1. The van der Waals surface area contributed by atoms with Gasteiger partial charge in [0.25, 0.3) is 5.91 Å². The third-order valence-corrected chi connectivity index (χ3v) is 3.21. The van der Waals surface area contributed by atoms with E-state index < -0.39 is 0 Å². The zero-order valence-corrected chi connectivity index (χ0v) is 12.1. The number of rotatable bonds is 3. The average molecular weight is 325 g/mol. The van der Waals surface area contributed by atoms with Crippen molar-refractivity contribution in [3.8, 4) is 5.75 Å². The third-order valence-electron chi connectivity index (χ3n) is 2.59.